The number of carbonyl (C=O) groups is 2. The number of hydrogen-bond acceptors (Lipinski definition) is 8. The maximum absolute atomic E-state index is 13.8. The van der Waals surface area contributed by atoms with Crippen LogP contribution in [0.1, 0.15) is 40.2 Å². The molecule has 2 fully saturated rings. The number of nitrogens with zero attached hydrogens (tertiary/aromatic N) is 4. The smallest absolute Gasteiger partial charge is 0.320 e. The Morgan fingerprint density at radius 2 is 1.71 bits per heavy atom. The molecule has 0 radical (unpaired) electrons. The van der Waals surface area contributed by atoms with Gasteiger partial charge in [-0.15, -0.1) is 0 Å². The Kier molecular flexibility index (Phi) is 10.6. The third-order valence-corrected chi connectivity index (χ3v) is 9.03. The maximum Gasteiger partial charge on any atom is 0.320 e. The zero-order valence-corrected chi connectivity index (χ0v) is 27.6. The SMILES string of the molecule is COCCN1C[C@@H](NC(=O)Nc2c(C)c(-c3cnc(OC)c(C(=O)NC4CCOCC4)c3)nn2-c2ccccc2)[C@H](c2ccccc2)C1. The molecule has 2 aliphatic heterocycles. The van der Waals surface area contributed by atoms with E-state index in [0.717, 1.165) is 37.2 Å². The van der Waals surface area contributed by atoms with Crippen molar-refractivity contribution in [1.82, 2.24) is 30.3 Å². The Morgan fingerprint density at radius 3 is 2.42 bits per heavy atom. The van der Waals surface area contributed by atoms with Gasteiger partial charge in [-0.1, -0.05) is 48.5 Å². The van der Waals surface area contributed by atoms with Gasteiger partial charge in [-0.3, -0.25) is 15.0 Å². The number of rotatable bonds is 11. The Hall–Kier alpha value is -4.78. The lowest BCUT2D eigenvalue weighted by atomic mass is 9.94. The van der Waals surface area contributed by atoms with Crippen molar-refractivity contribution in [2.75, 3.05) is 59.0 Å². The van der Waals surface area contributed by atoms with Gasteiger partial charge in [0.25, 0.3) is 5.91 Å². The predicted molar refractivity (Wildman–Crippen MR) is 183 cm³/mol. The topological polar surface area (TPSA) is 132 Å². The van der Waals surface area contributed by atoms with Crippen LogP contribution in [0.15, 0.2) is 72.9 Å². The minimum absolute atomic E-state index is 0.0152. The fourth-order valence-electron chi connectivity index (χ4n) is 6.47. The second-order valence-electron chi connectivity index (χ2n) is 12.2. The molecule has 0 unspecified atom stereocenters. The molecule has 2 aliphatic rings. The molecule has 48 heavy (non-hydrogen) atoms. The van der Waals surface area contributed by atoms with Crippen LogP contribution < -0.4 is 20.7 Å². The van der Waals surface area contributed by atoms with Crippen molar-refractivity contribution in [3.8, 4) is 22.8 Å². The predicted octanol–water partition coefficient (Wildman–Crippen LogP) is 4.40. The Morgan fingerprint density at radius 1 is 0.979 bits per heavy atom. The molecule has 2 atom stereocenters. The maximum atomic E-state index is 13.8. The summed E-state index contributed by atoms with van der Waals surface area (Å²) in [4.78, 5) is 33.9. The monoisotopic (exact) mass is 653 g/mol. The molecule has 3 N–H and O–H groups in total. The zero-order valence-electron chi connectivity index (χ0n) is 27.6. The van der Waals surface area contributed by atoms with E-state index in [4.69, 9.17) is 19.3 Å². The first-order valence-electron chi connectivity index (χ1n) is 16.4. The van der Waals surface area contributed by atoms with E-state index in [2.05, 4.69) is 38.0 Å². The Labute approximate surface area is 280 Å². The summed E-state index contributed by atoms with van der Waals surface area (Å²) in [6.07, 6.45) is 3.13. The number of para-hydroxylation sites is 1. The molecule has 4 heterocycles. The highest BCUT2D eigenvalue weighted by atomic mass is 16.5. The first kappa shape index (κ1) is 33.1. The molecule has 6 rings (SSSR count). The number of anilines is 1. The summed E-state index contributed by atoms with van der Waals surface area (Å²) in [5.41, 5.74) is 4.20. The molecule has 12 heteroatoms. The lowest BCUT2D eigenvalue weighted by Gasteiger charge is -2.23. The van der Waals surface area contributed by atoms with Crippen LogP contribution in [-0.2, 0) is 9.47 Å². The second kappa shape index (κ2) is 15.4. The van der Waals surface area contributed by atoms with E-state index < -0.39 is 0 Å². The van der Waals surface area contributed by atoms with Crippen LogP contribution in [0.4, 0.5) is 10.6 Å². The lowest BCUT2D eigenvalue weighted by Crippen LogP contribution is -2.42. The van der Waals surface area contributed by atoms with E-state index in [-0.39, 0.29) is 35.8 Å². The molecule has 0 bridgehead atoms. The van der Waals surface area contributed by atoms with Gasteiger partial charge in [0, 0.05) is 69.2 Å². The van der Waals surface area contributed by atoms with Crippen molar-refractivity contribution in [1.29, 1.82) is 0 Å². The molecule has 0 aliphatic carbocycles. The van der Waals surface area contributed by atoms with Crippen LogP contribution in [0.5, 0.6) is 5.88 Å². The number of nitrogens with one attached hydrogen (secondary N) is 3. The van der Waals surface area contributed by atoms with Crippen LogP contribution in [0.2, 0.25) is 0 Å². The lowest BCUT2D eigenvalue weighted by molar-refractivity contribution is 0.0695. The van der Waals surface area contributed by atoms with E-state index in [1.54, 1.807) is 24.1 Å². The summed E-state index contributed by atoms with van der Waals surface area (Å²) in [5, 5.41) is 14.4. The van der Waals surface area contributed by atoms with Crippen LogP contribution in [-0.4, -0.2) is 97.4 Å². The second-order valence-corrected chi connectivity index (χ2v) is 12.2. The summed E-state index contributed by atoms with van der Waals surface area (Å²) in [6.45, 7) is 6.05. The number of benzene rings is 2. The molecule has 2 saturated heterocycles. The van der Waals surface area contributed by atoms with E-state index in [1.165, 1.54) is 12.7 Å². The standard InChI is InChI=1S/C36H43N7O5/c1-24-32(26-20-29(35(47-3)37-21-26)34(44)38-27-14-17-48-18-15-27)41-43(28-12-8-5-9-13-28)33(24)40-36(45)39-31-23-42(16-19-46-2)22-30(31)25-10-6-4-7-11-25/h4-13,20-21,27,30-31H,14-19,22-23H2,1-3H3,(H,38,44)(H2,39,40,45)/t30-,31+/m0/s1. The summed E-state index contributed by atoms with van der Waals surface area (Å²) in [5.74, 6) is 0.601. The molecular formula is C36H43N7O5. The first-order chi connectivity index (χ1) is 23.4. The summed E-state index contributed by atoms with van der Waals surface area (Å²) in [6, 6.07) is 21.2. The summed E-state index contributed by atoms with van der Waals surface area (Å²) in [7, 11) is 3.19. The Bertz CT molecular complexity index is 1690. The molecule has 2 aromatic heterocycles. The Balaban J connectivity index is 1.28. The van der Waals surface area contributed by atoms with Gasteiger partial charge in [0.15, 0.2) is 0 Å². The van der Waals surface area contributed by atoms with Crippen LogP contribution >= 0.6 is 0 Å². The number of urea groups is 1. The van der Waals surface area contributed by atoms with Crippen molar-refractivity contribution >= 4 is 17.8 Å². The molecular weight excluding hydrogens is 610 g/mol. The normalized spacial score (nSPS) is 18.4. The zero-order chi connectivity index (χ0) is 33.5. The van der Waals surface area contributed by atoms with E-state index in [0.29, 0.717) is 49.0 Å². The third kappa shape index (κ3) is 7.51. The number of methoxy groups -OCH3 is 2. The van der Waals surface area contributed by atoms with Gasteiger partial charge in [0.05, 0.1) is 31.1 Å². The van der Waals surface area contributed by atoms with Crippen molar-refractivity contribution in [2.24, 2.45) is 0 Å². The molecule has 0 saturated carbocycles. The number of pyridine rings is 1. The number of hydrogen-bond donors (Lipinski definition) is 3. The average molecular weight is 654 g/mol. The van der Waals surface area contributed by atoms with E-state index in [1.807, 2.05) is 55.5 Å². The fourth-order valence-corrected chi connectivity index (χ4v) is 6.47. The van der Waals surface area contributed by atoms with E-state index >= 15 is 0 Å². The molecule has 2 aromatic carbocycles. The molecule has 4 aromatic rings. The first-order valence-corrected chi connectivity index (χ1v) is 16.4. The van der Waals surface area contributed by atoms with Gasteiger partial charge in [-0.2, -0.15) is 5.10 Å². The summed E-state index contributed by atoms with van der Waals surface area (Å²) >= 11 is 0. The molecule has 3 amide bonds. The number of ether oxygens (including phenoxy) is 3. The van der Waals surface area contributed by atoms with Gasteiger partial charge < -0.3 is 24.8 Å². The van der Waals surface area contributed by atoms with Gasteiger partial charge >= 0.3 is 6.03 Å². The molecule has 12 nitrogen and oxygen atoms in total. The van der Waals surface area contributed by atoms with E-state index in [9.17, 15) is 9.59 Å². The minimum atomic E-state index is -0.328. The van der Waals surface area contributed by atoms with Crippen molar-refractivity contribution in [3.05, 3.63) is 89.6 Å². The number of aromatic nitrogens is 3. The number of likely N-dealkylation sites (tertiary alicyclic amines) is 1. The largest absolute Gasteiger partial charge is 0.480 e. The van der Waals surface area contributed by atoms with Gasteiger partial charge in [0.1, 0.15) is 11.4 Å². The fraction of sp³-hybridized carbons (Fsp3) is 0.389. The quantitative estimate of drug-likeness (QED) is 0.217. The van der Waals surface area contributed by atoms with Crippen LogP contribution in [0, 0.1) is 6.92 Å². The van der Waals surface area contributed by atoms with Gasteiger partial charge in [0.2, 0.25) is 5.88 Å². The third-order valence-electron chi connectivity index (χ3n) is 9.03. The van der Waals surface area contributed by atoms with Gasteiger partial charge in [-0.25, -0.2) is 14.5 Å². The highest BCUT2D eigenvalue weighted by Gasteiger charge is 2.35. The highest BCUT2D eigenvalue weighted by molar-refractivity contribution is 5.98. The van der Waals surface area contributed by atoms with Crippen LogP contribution in [0.3, 0.4) is 0 Å². The number of carbonyl (C=O) groups excluding carboxylic acids is 2. The molecule has 252 valence electrons. The highest BCUT2D eigenvalue weighted by Crippen LogP contribution is 2.33. The molecule has 0 spiro atoms. The average Bonchev–Trinajstić information content (AvgIpc) is 3.68. The number of amides is 3. The van der Waals surface area contributed by atoms with Gasteiger partial charge in [-0.05, 0) is 43.5 Å². The van der Waals surface area contributed by atoms with Crippen LogP contribution in [0.25, 0.3) is 16.9 Å². The summed E-state index contributed by atoms with van der Waals surface area (Å²) < 4.78 is 17.9. The van der Waals surface area contributed by atoms with Crippen molar-refractivity contribution < 1.29 is 23.8 Å². The minimum Gasteiger partial charge on any atom is -0.480 e. The van der Waals surface area contributed by atoms with Crippen molar-refractivity contribution in [3.63, 3.8) is 0 Å². The van der Waals surface area contributed by atoms with Crippen molar-refractivity contribution in [2.45, 2.75) is 37.8 Å².